The van der Waals surface area contributed by atoms with E-state index in [1.165, 1.54) is 0 Å². The van der Waals surface area contributed by atoms with Gasteiger partial charge in [-0.25, -0.2) is 13.6 Å². The summed E-state index contributed by atoms with van der Waals surface area (Å²) in [7, 11) is -1.75. The molecule has 2 rings (SSSR count). The first-order valence-corrected chi connectivity index (χ1v) is 7.67. The van der Waals surface area contributed by atoms with Gasteiger partial charge in [-0.1, -0.05) is 6.07 Å². The Morgan fingerprint density at radius 3 is 2.70 bits per heavy atom. The highest BCUT2D eigenvalue weighted by molar-refractivity contribution is 7.88. The zero-order chi connectivity index (χ0) is 14.9. The zero-order valence-corrected chi connectivity index (χ0v) is 11.8. The minimum atomic E-state index is -3.59. The van der Waals surface area contributed by atoms with Crippen molar-refractivity contribution in [2.24, 2.45) is 12.2 Å². The molecule has 0 saturated heterocycles. The lowest BCUT2D eigenvalue weighted by Crippen LogP contribution is -2.14. The lowest BCUT2D eigenvalue weighted by atomic mass is 10.1. The van der Waals surface area contributed by atoms with Crippen molar-refractivity contribution in [2.45, 2.75) is 12.2 Å². The quantitative estimate of drug-likeness (QED) is 0.650. The summed E-state index contributed by atoms with van der Waals surface area (Å²) in [6.45, 7) is -0.154. The number of hydrogen-bond donors (Lipinski definition) is 1. The molecule has 0 saturated carbocycles. The molecule has 8 heteroatoms. The first kappa shape index (κ1) is 14.5. The smallest absolute Gasteiger partial charge is 0.213 e. The predicted octanol–water partition coefficient (Wildman–Crippen LogP) is 0.786. The minimum absolute atomic E-state index is 0.154. The monoisotopic (exact) mass is 297 g/mol. The summed E-state index contributed by atoms with van der Waals surface area (Å²) >= 11 is 0. The number of aromatic nitrogens is 1. The number of rotatable bonds is 5. The third-order valence-electron chi connectivity index (χ3n) is 3.07. The van der Waals surface area contributed by atoms with Gasteiger partial charge in [-0.3, -0.25) is 10.1 Å². The van der Waals surface area contributed by atoms with E-state index < -0.39 is 10.0 Å². The molecule has 2 aromatic rings. The Kier molecular flexibility index (Phi) is 3.78. The molecule has 0 unspecified atom stereocenters. The van der Waals surface area contributed by atoms with Crippen molar-refractivity contribution in [2.75, 3.05) is 6.54 Å². The van der Waals surface area contributed by atoms with Crippen LogP contribution in [0.5, 0.6) is 0 Å². The molecule has 0 aliphatic rings. The average Bonchev–Trinajstić information content (AvgIpc) is 2.61. The van der Waals surface area contributed by atoms with Gasteiger partial charge in [-0.05, 0) is 23.3 Å². The molecule has 108 valence electrons. The van der Waals surface area contributed by atoms with Crippen LogP contribution in [0.1, 0.15) is 11.1 Å². The molecule has 1 heterocycles. The number of aryl methyl sites for hydroxylation is 1. The van der Waals surface area contributed by atoms with Crippen molar-refractivity contribution < 1.29 is 13.3 Å². The molecule has 0 bridgehead atoms. The molecule has 0 amide bonds. The second-order valence-corrected chi connectivity index (χ2v) is 6.34. The van der Waals surface area contributed by atoms with Gasteiger partial charge >= 0.3 is 0 Å². The topological polar surface area (TPSA) is 108 Å². The normalized spacial score (nSPS) is 11.9. The van der Waals surface area contributed by atoms with E-state index in [9.17, 15) is 18.5 Å². The van der Waals surface area contributed by atoms with Crippen LogP contribution < -0.4 is 5.14 Å². The number of nitrogens with zero attached hydrogens (tertiary/aromatic N) is 2. The maximum absolute atomic E-state index is 11.1. The fraction of sp³-hybridized carbons (Fsp3) is 0.333. The van der Waals surface area contributed by atoms with Crippen molar-refractivity contribution in [1.29, 1.82) is 0 Å². The summed E-state index contributed by atoms with van der Waals surface area (Å²) < 4.78 is 24.1. The van der Waals surface area contributed by atoms with E-state index in [1.54, 1.807) is 18.2 Å². The van der Waals surface area contributed by atoms with Crippen LogP contribution in [0.15, 0.2) is 24.4 Å². The second kappa shape index (κ2) is 5.22. The predicted molar refractivity (Wildman–Crippen MR) is 75.3 cm³/mol. The summed E-state index contributed by atoms with van der Waals surface area (Å²) in [5, 5.41) is 16.3. The molecular weight excluding hydrogens is 282 g/mol. The van der Waals surface area contributed by atoms with E-state index in [2.05, 4.69) is 0 Å². The summed E-state index contributed by atoms with van der Waals surface area (Å²) in [4.78, 5) is 10.1. The number of fused-ring (bicyclic) bond motifs is 1. The maximum atomic E-state index is 11.1. The number of sulfonamides is 1. The zero-order valence-electron chi connectivity index (χ0n) is 10.9. The van der Waals surface area contributed by atoms with Gasteiger partial charge in [-0.15, -0.1) is 0 Å². The Morgan fingerprint density at radius 2 is 2.10 bits per heavy atom. The molecule has 0 fully saturated rings. The van der Waals surface area contributed by atoms with Crippen LogP contribution in [0.3, 0.4) is 0 Å². The van der Waals surface area contributed by atoms with Crippen molar-refractivity contribution >= 4 is 20.9 Å². The molecule has 2 N–H and O–H groups in total. The summed E-state index contributed by atoms with van der Waals surface area (Å²) in [6, 6.07) is 5.23. The lowest BCUT2D eigenvalue weighted by molar-refractivity contribution is -0.479. The van der Waals surface area contributed by atoms with Crippen LogP contribution in [-0.4, -0.2) is 24.5 Å². The molecule has 20 heavy (non-hydrogen) atoms. The molecule has 1 aromatic carbocycles. The van der Waals surface area contributed by atoms with Gasteiger partial charge in [0.1, 0.15) is 0 Å². The average molecular weight is 297 g/mol. The minimum Gasteiger partial charge on any atom is -0.350 e. The van der Waals surface area contributed by atoms with Gasteiger partial charge in [0.05, 0.1) is 5.75 Å². The molecule has 0 aliphatic carbocycles. The molecule has 0 aliphatic heterocycles. The number of hydrogen-bond acceptors (Lipinski definition) is 4. The largest absolute Gasteiger partial charge is 0.350 e. The fourth-order valence-corrected chi connectivity index (χ4v) is 2.90. The summed E-state index contributed by atoms with van der Waals surface area (Å²) in [6.07, 6.45) is 2.14. The van der Waals surface area contributed by atoms with E-state index >= 15 is 0 Å². The summed E-state index contributed by atoms with van der Waals surface area (Å²) in [5.41, 5.74) is 2.31. The standard InChI is InChI=1S/C12H15N3O4S/c1-14-7-10(4-5-15(16)17)11-6-9(2-3-12(11)14)8-20(13,18)19/h2-3,6-7H,4-5,8H2,1H3,(H2,13,18,19). The van der Waals surface area contributed by atoms with E-state index in [4.69, 9.17) is 5.14 Å². The van der Waals surface area contributed by atoms with Crippen molar-refractivity contribution in [3.8, 4) is 0 Å². The highest BCUT2D eigenvalue weighted by atomic mass is 32.2. The van der Waals surface area contributed by atoms with Crippen LogP contribution in [0.4, 0.5) is 0 Å². The highest BCUT2D eigenvalue weighted by Crippen LogP contribution is 2.23. The molecule has 1 aromatic heterocycles. The Labute approximate surface area is 116 Å². The van der Waals surface area contributed by atoms with Gasteiger partial charge in [0, 0.05) is 35.5 Å². The van der Waals surface area contributed by atoms with E-state index in [0.29, 0.717) is 12.0 Å². The van der Waals surface area contributed by atoms with Gasteiger partial charge < -0.3 is 4.57 Å². The first-order valence-electron chi connectivity index (χ1n) is 5.95. The fourth-order valence-electron chi connectivity index (χ4n) is 2.25. The Morgan fingerprint density at radius 1 is 1.40 bits per heavy atom. The van der Waals surface area contributed by atoms with Gasteiger partial charge in [0.15, 0.2) is 0 Å². The van der Waals surface area contributed by atoms with Gasteiger partial charge in [0.2, 0.25) is 16.6 Å². The molecule has 0 atom stereocenters. The SMILES string of the molecule is Cn1cc(CC[N+](=O)[O-])c2cc(CS(N)(=O)=O)ccc21. The second-order valence-electron chi connectivity index (χ2n) is 4.73. The van der Waals surface area contributed by atoms with Crippen molar-refractivity contribution in [1.82, 2.24) is 4.57 Å². The van der Waals surface area contributed by atoms with E-state index in [1.807, 2.05) is 17.8 Å². The molecule has 0 radical (unpaired) electrons. The highest BCUT2D eigenvalue weighted by Gasteiger charge is 2.12. The summed E-state index contributed by atoms with van der Waals surface area (Å²) in [5.74, 6) is -0.244. The number of nitro groups is 1. The Bertz CT molecular complexity index is 764. The van der Waals surface area contributed by atoms with Crippen LogP contribution in [0, 0.1) is 10.1 Å². The Hall–Kier alpha value is -1.93. The van der Waals surface area contributed by atoms with Gasteiger partial charge in [0.25, 0.3) is 0 Å². The first-order chi connectivity index (χ1) is 9.26. The maximum Gasteiger partial charge on any atom is 0.213 e. The van der Waals surface area contributed by atoms with E-state index in [0.717, 1.165) is 16.5 Å². The number of nitrogens with two attached hydrogens (primary N) is 1. The van der Waals surface area contributed by atoms with Crippen LogP contribution in [0.2, 0.25) is 0 Å². The third-order valence-corrected chi connectivity index (χ3v) is 3.80. The lowest BCUT2D eigenvalue weighted by Gasteiger charge is -2.02. The van der Waals surface area contributed by atoms with Gasteiger partial charge in [-0.2, -0.15) is 0 Å². The van der Waals surface area contributed by atoms with Crippen LogP contribution in [0.25, 0.3) is 10.9 Å². The third kappa shape index (κ3) is 3.34. The van der Waals surface area contributed by atoms with Crippen molar-refractivity contribution in [3.05, 3.63) is 45.6 Å². The number of benzene rings is 1. The molecule has 0 spiro atoms. The van der Waals surface area contributed by atoms with E-state index in [-0.39, 0.29) is 17.2 Å². The van der Waals surface area contributed by atoms with Crippen molar-refractivity contribution in [3.63, 3.8) is 0 Å². The Balaban J connectivity index is 2.43. The van der Waals surface area contributed by atoms with Crippen LogP contribution in [-0.2, 0) is 29.2 Å². The molecular formula is C12H15N3O4S. The number of primary sulfonamides is 1. The molecule has 7 nitrogen and oxygen atoms in total. The van der Waals surface area contributed by atoms with Crippen LogP contribution >= 0.6 is 0 Å².